The fourth-order valence-corrected chi connectivity index (χ4v) is 4.17. The fourth-order valence-electron chi connectivity index (χ4n) is 4.17. The Balaban J connectivity index is 1.43. The molecule has 0 amide bonds. The van der Waals surface area contributed by atoms with Crippen LogP contribution in [0.25, 0.3) is 11.5 Å². The third-order valence-electron chi connectivity index (χ3n) is 5.66. The molecular weight excluding hydrogens is 302 g/mol. The maximum Gasteiger partial charge on any atom is 0.225 e. The Kier molecular flexibility index (Phi) is 4.16. The largest absolute Gasteiger partial charge is 0.445 e. The number of aliphatic hydroxyl groups is 1. The van der Waals surface area contributed by atoms with Gasteiger partial charge in [-0.15, -0.1) is 0 Å². The first-order chi connectivity index (χ1) is 11.6. The Bertz CT molecular complexity index is 660. The molecule has 1 aliphatic heterocycles. The van der Waals surface area contributed by atoms with Crippen LogP contribution in [0, 0.1) is 0 Å². The highest BCUT2D eigenvalue weighted by atomic mass is 16.3. The van der Waals surface area contributed by atoms with E-state index < -0.39 is 5.60 Å². The molecular formula is C19H25N3O2. The molecule has 0 unspecified atom stereocenters. The number of rotatable bonds is 3. The molecule has 1 aliphatic carbocycles. The van der Waals surface area contributed by atoms with Crippen molar-refractivity contribution in [3.8, 4) is 11.5 Å². The van der Waals surface area contributed by atoms with Gasteiger partial charge in [-0.2, -0.15) is 0 Å². The third kappa shape index (κ3) is 2.99. The number of nitrogens with two attached hydrogens (primary N) is 1. The van der Waals surface area contributed by atoms with Gasteiger partial charge in [0.05, 0.1) is 11.8 Å². The number of nitrogens with zero attached hydrogens (tertiary/aromatic N) is 2. The van der Waals surface area contributed by atoms with Crippen molar-refractivity contribution in [1.82, 2.24) is 9.88 Å². The van der Waals surface area contributed by atoms with Gasteiger partial charge in [-0.05, 0) is 49.8 Å². The number of likely N-dealkylation sites (tertiary alicyclic amines) is 1. The van der Waals surface area contributed by atoms with Gasteiger partial charge >= 0.3 is 0 Å². The average Bonchev–Trinajstić information content (AvgIpc) is 3.27. The van der Waals surface area contributed by atoms with Crippen molar-refractivity contribution in [1.29, 1.82) is 0 Å². The predicted molar refractivity (Wildman–Crippen MR) is 92.3 cm³/mol. The summed E-state index contributed by atoms with van der Waals surface area (Å²) in [5.41, 5.74) is 7.24. The van der Waals surface area contributed by atoms with Crippen molar-refractivity contribution in [2.45, 2.75) is 49.8 Å². The van der Waals surface area contributed by atoms with Crippen LogP contribution in [0.3, 0.4) is 0 Å². The van der Waals surface area contributed by atoms with Crippen molar-refractivity contribution in [2.75, 3.05) is 13.1 Å². The smallest absolute Gasteiger partial charge is 0.225 e. The quantitative estimate of drug-likeness (QED) is 0.906. The normalized spacial score (nSPS) is 31.4. The summed E-state index contributed by atoms with van der Waals surface area (Å²) in [5.74, 6) is 0.614. The van der Waals surface area contributed by atoms with E-state index in [4.69, 9.17) is 10.2 Å². The van der Waals surface area contributed by atoms with Crippen LogP contribution in [-0.2, 0) is 5.60 Å². The van der Waals surface area contributed by atoms with Crippen molar-refractivity contribution in [2.24, 2.45) is 5.73 Å². The topological polar surface area (TPSA) is 75.5 Å². The number of benzene rings is 1. The predicted octanol–water partition coefficient (Wildman–Crippen LogP) is 2.50. The van der Waals surface area contributed by atoms with E-state index in [9.17, 15) is 5.11 Å². The molecule has 4 rings (SSSR count). The standard InChI is InChI=1S/C19H25N3O2/c20-16-7-11-22(13-16)17-5-8-19(23,9-6-17)15-3-1-14(2-4-15)18-21-10-12-24-18/h1-4,10,12,16-17,23H,5-9,11,13,20H2/t16-,17?,19?/m1/s1. The monoisotopic (exact) mass is 327 g/mol. The molecule has 1 atom stereocenters. The fraction of sp³-hybridized carbons (Fsp3) is 0.526. The minimum atomic E-state index is -0.715. The lowest BCUT2D eigenvalue weighted by Crippen LogP contribution is -2.42. The molecule has 2 fully saturated rings. The van der Waals surface area contributed by atoms with Crippen LogP contribution in [-0.4, -0.2) is 40.2 Å². The summed E-state index contributed by atoms with van der Waals surface area (Å²) in [4.78, 5) is 6.67. The molecule has 128 valence electrons. The molecule has 0 radical (unpaired) electrons. The average molecular weight is 327 g/mol. The van der Waals surface area contributed by atoms with Gasteiger partial charge in [-0.3, -0.25) is 4.90 Å². The molecule has 0 spiro atoms. The summed E-state index contributed by atoms with van der Waals surface area (Å²) < 4.78 is 5.32. The van der Waals surface area contributed by atoms with Crippen LogP contribution in [0.2, 0.25) is 0 Å². The second kappa shape index (κ2) is 6.31. The van der Waals surface area contributed by atoms with E-state index in [1.165, 1.54) is 0 Å². The molecule has 5 nitrogen and oxygen atoms in total. The molecule has 2 aliphatic rings. The Hall–Kier alpha value is -1.69. The number of oxazole rings is 1. The van der Waals surface area contributed by atoms with E-state index in [-0.39, 0.29) is 0 Å². The molecule has 1 saturated carbocycles. The maximum absolute atomic E-state index is 11.1. The Morgan fingerprint density at radius 3 is 2.50 bits per heavy atom. The van der Waals surface area contributed by atoms with E-state index in [0.29, 0.717) is 18.0 Å². The molecule has 2 heterocycles. The van der Waals surface area contributed by atoms with Crippen LogP contribution in [0.1, 0.15) is 37.7 Å². The van der Waals surface area contributed by atoms with Crippen molar-refractivity contribution < 1.29 is 9.52 Å². The van der Waals surface area contributed by atoms with Crippen LogP contribution >= 0.6 is 0 Å². The molecule has 3 N–H and O–H groups in total. The highest BCUT2D eigenvalue weighted by Crippen LogP contribution is 2.39. The first kappa shape index (κ1) is 15.8. The zero-order valence-electron chi connectivity index (χ0n) is 13.9. The van der Waals surface area contributed by atoms with E-state index in [0.717, 1.165) is 56.3 Å². The summed E-state index contributed by atoms with van der Waals surface area (Å²) in [5, 5.41) is 11.1. The van der Waals surface area contributed by atoms with E-state index in [1.807, 2.05) is 24.3 Å². The van der Waals surface area contributed by atoms with Gasteiger partial charge < -0.3 is 15.3 Å². The summed E-state index contributed by atoms with van der Waals surface area (Å²) in [7, 11) is 0. The van der Waals surface area contributed by atoms with Crippen LogP contribution < -0.4 is 5.73 Å². The molecule has 2 aromatic rings. The van der Waals surface area contributed by atoms with E-state index in [2.05, 4.69) is 9.88 Å². The summed E-state index contributed by atoms with van der Waals surface area (Å²) in [6, 6.07) is 8.87. The molecule has 1 aromatic heterocycles. The second-order valence-corrected chi connectivity index (χ2v) is 7.22. The minimum absolute atomic E-state index is 0.327. The van der Waals surface area contributed by atoms with Gasteiger partial charge in [0, 0.05) is 30.7 Å². The Morgan fingerprint density at radius 1 is 1.17 bits per heavy atom. The van der Waals surface area contributed by atoms with Gasteiger partial charge in [-0.1, -0.05) is 12.1 Å². The second-order valence-electron chi connectivity index (χ2n) is 7.22. The number of aromatic nitrogens is 1. The molecule has 1 saturated heterocycles. The van der Waals surface area contributed by atoms with Gasteiger partial charge in [0.25, 0.3) is 0 Å². The minimum Gasteiger partial charge on any atom is -0.445 e. The first-order valence-corrected chi connectivity index (χ1v) is 8.86. The van der Waals surface area contributed by atoms with Crippen LogP contribution in [0.5, 0.6) is 0 Å². The zero-order valence-corrected chi connectivity index (χ0v) is 13.9. The number of hydrogen-bond acceptors (Lipinski definition) is 5. The zero-order chi connectivity index (χ0) is 16.6. The van der Waals surface area contributed by atoms with Crippen molar-refractivity contribution in [3.05, 3.63) is 42.3 Å². The SMILES string of the molecule is N[C@@H]1CCN(C2CCC(O)(c3ccc(-c4ncco4)cc3)CC2)C1. The molecule has 5 heteroatoms. The summed E-state index contributed by atoms with van der Waals surface area (Å²) in [6.07, 6.45) is 7.99. The molecule has 24 heavy (non-hydrogen) atoms. The first-order valence-electron chi connectivity index (χ1n) is 8.86. The third-order valence-corrected chi connectivity index (χ3v) is 5.66. The maximum atomic E-state index is 11.1. The van der Waals surface area contributed by atoms with Crippen LogP contribution in [0.4, 0.5) is 0 Å². The van der Waals surface area contributed by atoms with E-state index >= 15 is 0 Å². The lowest BCUT2D eigenvalue weighted by Gasteiger charge is -2.40. The van der Waals surface area contributed by atoms with Gasteiger partial charge in [0.2, 0.25) is 5.89 Å². The van der Waals surface area contributed by atoms with E-state index in [1.54, 1.807) is 12.5 Å². The molecule has 0 bridgehead atoms. The van der Waals surface area contributed by atoms with Crippen molar-refractivity contribution in [3.63, 3.8) is 0 Å². The van der Waals surface area contributed by atoms with Crippen molar-refractivity contribution >= 4 is 0 Å². The Morgan fingerprint density at radius 2 is 1.92 bits per heavy atom. The lowest BCUT2D eigenvalue weighted by molar-refractivity contribution is -0.0222. The van der Waals surface area contributed by atoms with Gasteiger partial charge in [0.15, 0.2) is 0 Å². The number of hydrogen-bond donors (Lipinski definition) is 2. The lowest BCUT2D eigenvalue weighted by atomic mass is 9.77. The Labute approximate surface area is 142 Å². The highest BCUT2D eigenvalue weighted by Gasteiger charge is 2.37. The van der Waals surface area contributed by atoms with Gasteiger partial charge in [-0.25, -0.2) is 4.98 Å². The summed E-state index contributed by atoms with van der Waals surface area (Å²) >= 11 is 0. The van der Waals surface area contributed by atoms with Gasteiger partial charge in [0.1, 0.15) is 6.26 Å². The molecule has 1 aromatic carbocycles. The summed E-state index contributed by atoms with van der Waals surface area (Å²) in [6.45, 7) is 2.11. The van der Waals surface area contributed by atoms with Crippen LogP contribution in [0.15, 0.2) is 41.1 Å². The highest BCUT2D eigenvalue weighted by molar-refractivity contribution is 5.53.